The molecule has 7 heteroatoms. The summed E-state index contributed by atoms with van der Waals surface area (Å²) in [4.78, 5) is 15.2. The lowest BCUT2D eigenvalue weighted by atomic mass is 10.3. The first-order valence-corrected chi connectivity index (χ1v) is 4.60. The van der Waals surface area contributed by atoms with Crippen LogP contribution in [0, 0.1) is 0 Å². The molecule has 15 heavy (non-hydrogen) atoms. The van der Waals surface area contributed by atoms with Gasteiger partial charge in [-0.25, -0.2) is 19.3 Å². The van der Waals surface area contributed by atoms with Crippen LogP contribution in [0.25, 0.3) is 5.65 Å². The van der Waals surface area contributed by atoms with E-state index in [4.69, 9.17) is 5.73 Å². The summed E-state index contributed by atoms with van der Waals surface area (Å²) in [6.45, 7) is 2.46. The predicted octanol–water partition coefficient (Wildman–Crippen LogP) is -0.823. The van der Waals surface area contributed by atoms with E-state index in [9.17, 15) is 4.79 Å². The van der Waals surface area contributed by atoms with Crippen molar-refractivity contribution in [3.05, 3.63) is 22.9 Å². The number of nitrogens with zero attached hydrogens (tertiary/aromatic N) is 3. The SMILES string of the molecule is CC(CN)Nc1cc2n[nH]c(=O)n2cn1. The number of anilines is 1. The maximum absolute atomic E-state index is 11.1. The highest BCUT2D eigenvalue weighted by molar-refractivity contribution is 5.48. The maximum atomic E-state index is 11.1. The number of fused-ring (bicyclic) bond motifs is 1. The van der Waals surface area contributed by atoms with Gasteiger partial charge in [0, 0.05) is 18.7 Å². The van der Waals surface area contributed by atoms with Crippen LogP contribution in [-0.4, -0.2) is 32.2 Å². The first kappa shape index (κ1) is 9.66. The highest BCUT2D eigenvalue weighted by atomic mass is 16.1. The molecule has 1 unspecified atom stereocenters. The molecule has 4 N–H and O–H groups in total. The quantitative estimate of drug-likeness (QED) is 0.611. The molecule has 2 heterocycles. The summed E-state index contributed by atoms with van der Waals surface area (Å²) in [7, 11) is 0. The Balaban J connectivity index is 2.35. The van der Waals surface area contributed by atoms with Crippen LogP contribution in [0.15, 0.2) is 17.2 Å². The highest BCUT2D eigenvalue weighted by Crippen LogP contribution is 2.05. The van der Waals surface area contributed by atoms with Crippen molar-refractivity contribution in [2.75, 3.05) is 11.9 Å². The molecule has 80 valence electrons. The Labute approximate surface area is 85.3 Å². The summed E-state index contributed by atoms with van der Waals surface area (Å²) in [5.41, 5.74) is 5.70. The summed E-state index contributed by atoms with van der Waals surface area (Å²) >= 11 is 0. The zero-order valence-electron chi connectivity index (χ0n) is 8.27. The molecule has 2 aromatic heterocycles. The molecule has 0 saturated carbocycles. The lowest BCUT2D eigenvalue weighted by Crippen LogP contribution is -2.25. The van der Waals surface area contributed by atoms with Crippen molar-refractivity contribution in [3.8, 4) is 0 Å². The fourth-order valence-electron chi connectivity index (χ4n) is 1.20. The summed E-state index contributed by atoms with van der Waals surface area (Å²) in [5.74, 6) is 0.652. The van der Waals surface area contributed by atoms with Crippen LogP contribution in [-0.2, 0) is 0 Å². The topological polar surface area (TPSA) is 101 Å². The van der Waals surface area contributed by atoms with Gasteiger partial charge in [-0.2, -0.15) is 5.10 Å². The molecule has 1 atom stereocenters. The Morgan fingerprint density at radius 3 is 3.27 bits per heavy atom. The first-order valence-electron chi connectivity index (χ1n) is 4.60. The number of aromatic amines is 1. The molecule has 2 rings (SSSR count). The second kappa shape index (κ2) is 3.70. The average molecular weight is 208 g/mol. The van der Waals surface area contributed by atoms with Gasteiger partial charge in [0.1, 0.15) is 12.1 Å². The minimum atomic E-state index is -0.295. The summed E-state index contributed by atoms with van der Waals surface area (Å²) in [6, 6.07) is 1.81. The van der Waals surface area contributed by atoms with Gasteiger partial charge < -0.3 is 11.1 Å². The van der Waals surface area contributed by atoms with Gasteiger partial charge in [-0.1, -0.05) is 0 Å². The van der Waals surface area contributed by atoms with E-state index in [-0.39, 0.29) is 11.7 Å². The van der Waals surface area contributed by atoms with Gasteiger partial charge in [0.25, 0.3) is 0 Å². The normalized spacial score (nSPS) is 12.9. The molecular weight excluding hydrogens is 196 g/mol. The fraction of sp³-hybridized carbons (Fsp3) is 0.375. The van der Waals surface area contributed by atoms with Crippen molar-refractivity contribution in [2.45, 2.75) is 13.0 Å². The second-order valence-electron chi connectivity index (χ2n) is 3.31. The molecule has 0 fully saturated rings. The first-order chi connectivity index (χ1) is 7.20. The second-order valence-corrected chi connectivity index (χ2v) is 3.31. The van der Waals surface area contributed by atoms with E-state index in [1.54, 1.807) is 6.07 Å². The van der Waals surface area contributed by atoms with Crippen LogP contribution in [0.4, 0.5) is 5.82 Å². The van der Waals surface area contributed by atoms with Gasteiger partial charge in [-0.05, 0) is 6.92 Å². The molecule has 0 aliphatic carbocycles. The highest BCUT2D eigenvalue weighted by Gasteiger charge is 2.04. The van der Waals surface area contributed by atoms with Gasteiger partial charge >= 0.3 is 5.69 Å². The zero-order valence-corrected chi connectivity index (χ0v) is 8.27. The third-order valence-electron chi connectivity index (χ3n) is 2.06. The summed E-state index contributed by atoms with van der Waals surface area (Å²) in [6.07, 6.45) is 1.42. The van der Waals surface area contributed by atoms with Gasteiger partial charge in [0.05, 0.1) is 0 Å². The van der Waals surface area contributed by atoms with Gasteiger partial charge in [-0.3, -0.25) is 0 Å². The number of rotatable bonds is 3. The maximum Gasteiger partial charge on any atom is 0.348 e. The third-order valence-corrected chi connectivity index (χ3v) is 2.06. The van der Waals surface area contributed by atoms with Crippen LogP contribution in [0.1, 0.15) is 6.92 Å². The number of hydrogen-bond acceptors (Lipinski definition) is 5. The largest absolute Gasteiger partial charge is 0.366 e. The molecule has 0 spiro atoms. The van der Waals surface area contributed by atoms with Crippen LogP contribution in [0.5, 0.6) is 0 Å². The average Bonchev–Trinajstić information content (AvgIpc) is 2.60. The van der Waals surface area contributed by atoms with E-state index in [0.29, 0.717) is 18.0 Å². The molecule has 0 amide bonds. The van der Waals surface area contributed by atoms with Crippen LogP contribution >= 0.6 is 0 Å². The molecule has 0 saturated heterocycles. The predicted molar refractivity (Wildman–Crippen MR) is 55.7 cm³/mol. The van der Waals surface area contributed by atoms with Crippen molar-refractivity contribution in [1.82, 2.24) is 19.6 Å². The minimum absolute atomic E-state index is 0.130. The molecule has 0 aliphatic rings. The Hall–Kier alpha value is -1.89. The molecule has 0 bridgehead atoms. The van der Waals surface area contributed by atoms with Gasteiger partial charge in [0.2, 0.25) is 0 Å². The molecular formula is C8H12N6O. The lowest BCUT2D eigenvalue weighted by Gasteiger charge is -2.11. The minimum Gasteiger partial charge on any atom is -0.366 e. The number of nitrogens with one attached hydrogen (secondary N) is 2. The standard InChI is InChI=1S/C8H12N6O/c1-5(3-9)11-6-2-7-12-13-8(15)14(7)4-10-6/h2,4-5,11H,3,9H2,1H3,(H,13,15). The van der Waals surface area contributed by atoms with Crippen molar-refractivity contribution in [2.24, 2.45) is 5.73 Å². The van der Waals surface area contributed by atoms with E-state index < -0.39 is 0 Å². The van der Waals surface area contributed by atoms with Crippen LogP contribution < -0.4 is 16.7 Å². The Morgan fingerprint density at radius 1 is 1.73 bits per heavy atom. The van der Waals surface area contributed by atoms with Crippen molar-refractivity contribution < 1.29 is 0 Å². The van der Waals surface area contributed by atoms with E-state index >= 15 is 0 Å². The molecule has 2 aromatic rings. The third kappa shape index (κ3) is 1.82. The summed E-state index contributed by atoms with van der Waals surface area (Å²) < 4.78 is 1.33. The van der Waals surface area contributed by atoms with E-state index in [2.05, 4.69) is 20.5 Å². The zero-order chi connectivity index (χ0) is 10.8. The molecule has 0 aromatic carbocycles. The van der Waals surface area contributed by atoms with E-state index in [1.165, 1.54) is 10.7 Å². The van der Waals surface area contributed by atoms with E-state index in [1.807, 2.05) is 6.92 Å². The van der Waals surface area contributed by atoms with E-state index in [0.717, 1.165) is 0 Å². The summed E-state index contributed by atoms with van der Waals surface area (Å²) in [5, 5.41) is 9.25. The monoisotopic (exact) mass is 208 g/mol. The number of aromatic nitrogens is 4. The van der Waals surface area contributed by atoms with Crippen LogP contribution in [0.2, 0.25) is 0 Å². The Bertz CT molecular complexity index is 515. The molecule has 0 radical (unpaired) electrons. The van der Waals surface area contributed by atoms with Gasteiger partial charge in [-0.15, -0.1) is 0 Å². The lowest BCUT2D eigenvalue weighted by molar-refractivity contribution is 0.796. The molecule has 7 nitrogen and oxygen atoms in total. The van der Waals surface area contributed by atoms with Crippen molar-refractivity contribution in [3.63, 3.8) is 0 Å². The Kier molecular flexibility index (Phi) is 2.38. The van der Waals surface area contributed by atoms with Crippen LogP contribution in [0.3, 0.4) is 0 Å². The smallest absolute Gasteiger partial charge is 0.348 e. The number of H-pyrrole nitrogens is 1. The molecule has 0 aliphatic heterocycles. The number of hydrogen-bond donors (Lipinski definition) is 3. The van der Waals surface area contributed by atoms with Crippen molar-refractivity contribution in [1.29, 1.82) is 0 Å². The van der Waals surface area contributed by atoms with Gasteiger partial charge in [0.15, 0.2) is 5.65 Å². The Morgan fingerprint density at radius 2 is 2.53 bits per heavy atom. The fourth-order valence-corrected chi connectivity index (χ4v) is 1.20. The number of nitrogens with two attached hydrogens (primary N) is 1. The van der Waals surface area contributed by atoms with Crippen molar-refractivity contribution >= 4 is 11.5 Å².